The molecule has 13 heteroatoms. The number of rotatable bonds is 7. The Morgan fingerprint density at radius 2 is 2.02 bits per heavy atom. The SMILES string of the molecule is C=CC(=O)N1CC(N(C)c2nc(OCC34CCCN3CCC4)nc3c(F)c(-c4ccc(Br)c5sc(N)nc45)c(Cl)cc23)C1. The lowest BCUT2D eigenvalue weighted by Gasteiger charge is -2.44. The number of amides is 1. The summed E-state index contributed by atoms with van der Waals surface area (Å²) in [6.07, 6.45) is 5.70. The number of likely N-dealkylation sites (tertiary alicyclic amines) is 1. The number of carbonyl (C=O) groups excluding carboxylic acids is 1. The van der Waals surface area contributed by atoms with Gasteiger partial charge in [0.2, 0.25) is 5.91 Å². The number of benzene rings is 2. The van der Waals surface area contributed by atoms with Crippen molar-refractivity contribution >= 4 is 76.8 Å². The van der Waals surface area contributed by atoms with Gasteiger partial charge in [0.05, 0.1) is 26.8 Å². The van der Waals surface area contributed by atoms with Gasteiger partial charge in [-0.3, -0.25) is 9.69 Å². The third kappa shape index (κ3) is 4.73. The number of aromatic nitrogens is 3. The molecule has 0 unspecified atom stereocenters. The van der Waals surface area contributed by atoms with Gasteiger partial charge in [-0.15, -0.1) is 0 Å². The van der Waals surface area contributed by atoms with E-state index >= 15 is 4.39 Å². The fourth-order valence-corrected chi connectivity index (χ4v) is 8.40. The van der Waals surface area contributed by atoms with Crippen LogP contribution in [0.5, 0.6) is 6.01 Å². The molecule has 0 atom stereocenters. The Hall–Kier alpha value is -3.06. The van der Waals surface area contributed by atoms with E-state index in [1.807, 2.05) is 18.0 Å². The van der Waals surface area contributed by atoms with E-state index in [-0.39, 0.29) is 39.6 Å². The molecule has 7 rings (SSSR count). The average molecular weight is 687 g/mol. The number of thiazole rings is 1. The van der Waals surface area contributed by atoms with Gasteiger partial charge in [0, 0.05) is 41.1 Å². The third-order valence-corrected chi connectivity index (χ3v) is 11.3. The number of nitrogen functional groups attached to an aromatic ring is 1. The lowest BCUT2D eigenvalue weighted by molar-refractivity contribution is -0.130. The Labute approximate surface area is 265 Å². The number of carbonyl (C=O) groups is 1. The van der Waals surface area contributed by atoms with Crippen LogP contribution >= 0.6 is 38.9 Å². The minimum absolute atomic E-state index is 0.0266. The predicted molar refractivity (Wildman–Crippen MR) is 172 cm³/mol. The maximum atomic E-state index is 16.8. The van der Waals surface area contributed by atoms with Crippen LogP contribution < -0.4 is 15.4 Å². The van der Waals surface area contributed by atoms with Gasteiger partial charge >= 0.3 is 6.01 Å². The standard InChI is InChI=1S/C30H30BrClFN7O2S/c1-3-21(41)39-13-16(14-39)38(2)27-18-12-20(32)22(17-6-7-19(31)26-25(17)35-28(34)43-26)23(33)24(18)36-29(37-27)42-15-30-8-4-10-40(30)11-5-9-30/h3,6-7,12,16H,1,4-5,8-11,13-15H2,2H3,(H2,34,35). The maximum absolute atomic E-state index is 16.8. The summed E-state index contributed by atoms with van der Waals surface area (Å²) in [6.45, 7) is 7.15. The summed E-state index contributed by atoms with van der Waals surface area (Å²) in [4.78, 5) is 32.2. The van der Waals surface area contributed by atoms with Crippen LogP contribution in [0.2, 0.25) is 5.02 Å². The maximum Gasteiger partial charge on any atom is 0.319 e. The number of nitrogens with two attached hydrogens (primary N) is 1. The van der Waals surface area contributed by atoms with E-state index in [0.29, 0.717) is 47.1 Å². The van der Waals surface area contributed by atoms with Crippen molar-refractivity contribution in [3.63, 3.8) is 0 Å². The number of fused-ring (bicyclic) bond motifs is 3. The van der Waals surface area contributed by atoms with Gasteiger partial charge in [-0.25, -0.2) is 9.37 Å². The van der Waals surface area contributed by atoms with E-state index in [1.54, 1.807) is 17.0 Å². The highest BCUT2D eigenvalue weighted by molar-refractivity contribution is 9.10. The van der Waals surface area contributed by atoms with Crippen molar-refractivity contribution in [3.05, 3.63) is 46.2 Å². The second-order valence-electron chi connectivity index (χ2n) is 11.5. The second kappa shape index (κ2) is 10.8. The second-order valence-corrected chi connectivity index (χ2v) is 13.8. The molecule has 0 aliphatic carbocycles. The van der Waals surface area contributed by atoms with Crippen molar-refractivity contribution in [1.29, 1.82) is 0 Å². The van der Waals surface area contributed by atoms with Gasteiger partial charge in [0.1, 0.15) is 17.9 Å². The zero-order valence-corrected chi connectivity index (χ0v) is 26.7. The highest BCUT2D eigenvalue weighted by Gasteiger charge is 2.45. The molecule has 9 nitrogen and oxygen atoms in total. The molecule has 0 spiro atoms. The summed E-state index contributed by atoms with van der Waals surface area (Å²) >= 11 is 11.7. The normalized spacial score (nSPS) is 18.3. The zero-order valence-electron chi connectivity index (χ0n) is 23.6. The summed E-state index contributed by atoms with van der Waals surface area (Å²) in [7, 11) is 1.89. The molecule has 1 amide bonds. The topological polar surface area (TPSA) is 101 Å². The molecule has 0 saturated carbocycles. The van der Waals surface area contributed by atoms with Crippen molar-refractivity contribution < 1.29 is 13.9 Å². The molecule has 3 aliphatic rings. The Bertz CT molecular complexity index is 1790. The fourth-order valence-electron chi connectivity index (χ4n) is 6.78. The molecule has 3 saturated heterocycles. The summed E-state index contributed by atoms with van der Waals surface area (Å²) in [6, 6.07) is 5.41. The van der Waals surface area contributed by atoms with Crippen LogP contribution in [0.4, 0.5) is 15.3 Å². The van der Waals surface area contributed by atoms with E-state index in [2.05, 4.69) is 37.4 Å². The van der Waals surface area contributed by atoms with Crippen molar-refractivity contribution in [2.24, 2.45) is 0 Å². The van der Waals surface area contributed by atoms with E-state index in [4.69, 9.17) is 27.1 Å². The number of likely N-dealkylation sites (N-methyl/N-ethyl adjacent to an activating group) is 1. The minimum Gasteiger partial charge on any atom is -0.461 e. The molecule has 224 valence electrons. The number of halogens is 3. The van der Waals surface area contributed by atoms with E-state index in [0.717, 1.165) is 47.9 Å². The van der Waals surface area contributed by atoms with Crippen LogP contribution in [0.1, 0.15) is 25.7 Å². The van der Waals surface area contributed by atoms with Crippen LogP contribution in [-0.4, -0.2) is 82.1 Å². The van der Waals surface area contributed by atoms with Gasteiger partial charge in [-0.1, -0.05) is 35.6 Å². The summed E-state index contributed by atoms with van der Waals surface area (Å²) in [5.41, 5.74) is 7.39. The van der Waals surface area contributed by atoms with Crippen LogP contribution in [0.3, 0.4) is 0 Å². The number of anilines is 2. The Kier molecular flexibility index (Phi) is 7.23. The van der Waals surface area contributed by atoms with Gasteiger partial charge in [-0.2, -0.15) is 9.97 Å². The quantitative estimate of drug-likeness (QED) is 0.241. The first-order valence-electron chi connectivity index (χ1n) is 14.3. The summed E-state index contributed by atoms with van der Waals surface area (Å²) in [5.74, 6) is -0.215. The fraction of sp³-hybridized carbons (Fsp3) is 0.400. The minimum atomic E-state index is -0.585. The average Bonchev–Trinajstić information content (AvgIpc) is 3.66. The third-order valence-electron chi connectivity index (χ3n) is 9.14. The molecule has 3 fully saturated rings. The summed E-state index contributed by atoms with van der Waals surface area (Å²) in [5, 5.41) is 1.04. The number of ether oxygens (including phenoxy) is 1. The van der Waals surface area contributed by atoms with Crippen molar-refractivity contribution in [3.8, 4) is 17.1 Å². The van der Waals surface area contributed by atoms with Gasteiger partial charge in [-0.05, 0) is 72.9 Å². The number of hydrogen-bond donors (Lipinski definition) is 1. The van der Waals surface area contributed by atoms with Crippen molar-refractivity contribution in [1.82, 2.24) is 24.8 Å². The highest BCUT2D eigenvalue weighted by atomic mass is 79.9. The van der Waals surface area contributed by atoms with Gasteiger partial charge < -0.3 is 20.3 Å². The van der Waals surface area contributed by atoms with Crippen LogP contribution in [-0.2, 0) is 4.79 Å². The van der Waals surface area contributed by atoms with Gasteiger partial charge in [0.25, 0.3) is 0 Å². The van der Waals surface area contributed by atoms with Crippen molar-refractivity contribution in [2.75, 3.05) is 50.5 Å². The lowest BCUT2D eigenvalue weighted by atomic mass is 9.95. The first kappa shape index (κ1) is 28.7. The largest absolute Gasteiger partial charge is 0.461 e. The molecule has 2 N–H and O–H groups in total. The lowest BCUT2D eigenvalue weighted by Crippen LogP contribution is -2.60. The van der Waals surface area contributed by atoms with Crippen LogP contribution in [0, 0.1) is 5.82 Å². The molecule has 43 heavy (non-hydrogen) atoms. The molecular weight excluding hydrogens is 657 g/mol. The predicted octanol–water partition coefficient (Wildman–Crippen LogP) is 5.88. The molecule has 0 bridgehead atoms. The molecule has 2 aromatic carbocycles. The molecule has 4 aromatic rings. The summed E-state index contributed by atoms with van der Waals surface area (Å²) < 4.78 is 24.7. The van der Waals surface area contributed by atoms with E-state index in [1.165, 1.54) is 17.4 Å². The Morgan fingerprint density at radius 1 is 1.28 bits per heavy atom. The zero-order chi connectivity index (χ0) is 30.0. The smallest absolute Gasteiger partial charge is 0.319 e. The highest BCUT2D eigenvalue weighted by Crippen LogP contribution is 2.44. The van der Waals surface area contributed by atoms with Gasteiger partial charge in [0.15, 0.2) is 10.9 Å². The molecular formula is C30H30BrClFN7O2S. The Morgan fingerprint density at radius 3 is 2.74 bits per heavy atom. The monoisotopic (exact) mass is 685 g/mol. The first-order chi connectivity index (χ1) is 20.7. The first-order valence-corrected chi connectivity index (χ1v) is 16.2. The molecule has 2 aromatic heterocycles. The van der Waals surface area contributed by atoms with E-state index in [9.17, 15) is 4.79 Å². The molecule has 0 radical (unpaired) electrons. The number of nitrogens with zero attached hydrogens (tertiary/aromatic N) is 6. The number of hydrogen-bond acceptors (Lipinski definition) is 9. The van der Waals surface area contributed by atoms with Crippen LogP contribution in [0.25, 0.3) is 32.2 Å². The molecule has 5 heterocycles. The van der Waals surface area contributed by atoms with E-state index < -0.39 is 5.82 Å². The Balaban J connectivity index is 1.34. The van der Waals surface area contributed by atoms with Crippen LogP contribution in [0.15, 0.2) is 35.3 Å². The van der Waals surface area contributed by atoms with Crippen molar-refractivity contribution in [2.45, 2.75) is 37.3 Å². The molecule has 3 aliphatic heterocycles.